The zero-order valence-corrected chi connectivity index (χ0v) is 18.2. The van der Waals surface area contributed by atoms with E-state index in [-0.39, 0.29) is 18.5 Å². The van der Waals surface area contributed by atoms with Crippen LogP contribution in [0.25, 0.3) is 0 Å². The maximum Gasteiger partial charge on any atom is 0.313 e. The Kier molecular flexibility index (Phi) is 7.42. The molecule has 0 bridgehead atoms. The first-order valence-corrected chi connectivity index (χ1v) is 12.0. The van der Waals surface area contributed by atoms with Gasteiger partial charge in [0.2, 0.25) is 10.0 Å². The van der Waals surface area contributed by atoms with Crippen LogP contribution in [0.15, 0.2) is 24.3 Å². The molecular formula is C20H28ClNO6S. The number of ether oxygens (including phenoxy) is 3. The maximum atomic E-state index is 13.1. The number of nitrogens with zero attached hydrogens (tertiary/aromatic N) is 1. The van der Waals surface area contributed by atoms with Crippen LogP contribution in [-0.2, 0) is 24.3 Å². The number of piperidine rings is 1. The molecule has 2 aliphatic rings. The Morgan fingerprint density at radius 1 is 1.21 bits per heavy atom. The number of carbonyl (C=O) groups excluding carboxylic acids is 1. The van der Waals surface area contributed by atoms with Crippen LogP contribution in [0.2, 0.25) is 5.02 Å². The number of rotatable bonds is 7. The van der Waals surface area contributed by atoms with Gasteiger partial charge in [-0.3, -0.25) is 4.79 Å². The normalized spacial score (nSPS) is 20.9. The van der Waals surface area contributed by atoms with E-state index in [0.717, 1.165) is 5.75 Å². The molecule has 0 saturated carbocycles. The molecule has 1 aromatic rings. The van der Waals surface area contributed by atoms with Crippen molar-refractivity contribution in [1.82, 2.24) is 4.31 Å². The molecule has 0 unspecified atom stereocenters. The molecule has 0 atom stereocenters. The minimum absolute atomic E-state index is 0.0512. The number of esters is 1. The first-order valence-electron chi connectivity index (χ1n) is 10.00. The number of hydrogen-bond acceptors (Lipinski definition) is 6. The third-order valence-electron chi connectivity index (χ3n) is 5.53. The molecule has 7 nitrogen and oxygen atoms in total. The summed E-state index contributed by atoms with van der Waals surface area (Å²) >= 11 is 5.89. The van der Waals surface area contributed by atoms with E-state index in [1.807, 2.05) is 0 Å². The van der Waals surface area contributed by atoms with Crippen LogP contribution in [0.5, 0.6) is 5.75 Å². The second kappa shape index (κ2) is 9.64. The van der Waals surface area contributed by atoms with Crippen LogP contribution in [0.4, 0.5) is 0 Å². The number of sulfonamides is 1. The van der Waals surface area contributed by atoms with E-state index >= 15 is 0 Å². The highest BCUT2D eigenvalue weighted by molar-refractivity contribution is 7.89. The molecule has 9 heteroatoms. The Morgan fingerprint density at radius 2 is 1.83 bits per heavy atom. The molecule has 0 amide bonds. The summed E-state index contributed by atoms with van der Waals surface area (Å²) in [6.07, 6.45) is 1.86. The molecule has 2 heterocycles. The summed E-state index contributed by atoms with van der Waals surface area (Å²) in [5, 5.41) is 0.641. The quantitative estimate of drug-likeness (QED) is 0.600. The molecule has 0 radical (unpaired) electrons. The molecule has 0 spiro atoms. The van der Waals surface area contributed by atoms with Gasteiger partial charge in [0.05, 0.1) is 17.8 Å². The van der Waals surface area contributed by atoms with E-state index in [9.17, 15) is 13.2 Å². The van der Waals surface area contributed by atoms with Gasteiger partial charge in [-0.15, -0.1) is 0 Å². The van der Waals surface area contributed by atoms with E-state index < -0.39 is 21.4 Å². The second-order valence-corrected chi connectivity index (χ2v) is 9.94. The molecule has 2 fully saturated rings. The molecule has 29 heavy (non-hydrogen) atoms. The van der Waals surface area contributed by atoms with E-state index in [4.69, 9.17) is 25.8 Å². The fourth-order valence-electron chi connectivity index (χ4n) is 3.83. The number of benzene rings is 1. The van der Waals surface area contributed by atoms with Crippen LogP contribution in [-0.4, -0.2) is 63.5 Å². The zero-order chi connectivity index (χ0) is 20.9. The van der Waals surface area contributed by atoms with E-state index in [0.29, 0.717) is 57.0 Å². The fraction of sp³-hybridized carbons (Fsp3) is 0.650. The highest BCUT2D eigenvalue weighted by Gasteiger charge is 2.46. The summed E-state index contributed by atoms with van der Waals surface area (Å²) in [5.74, 6) is 0.0530. The van der Waals surface area contributed by atoms with Crippen molar-refractivity contribution in [3.63, 3.8) is 0 Å². The lowest BCUT2D eigenvalue weighted by molar-refractivity contribution is -0.159. The third-order valence-corrected chi connectivity index (χ3v) is 7.85. The number of hydrogen-bond donors (Lipinski definition) is 0. The topological polar surface area (TPSA) is 82.1 Å². The summed E-state index contributed by atoms with van der Waals surface area (Å²) < 4.78 is 44.2. The molecular weight excluding hydrogens is 418 g/mol. The smallest absolute Gasteiger partial charge is 0.313 e. The van der Waals surface area contributed by atoms with Crippen molar-refractivity contribution < 1.29 is 27.4 Å². The molecule has 2 saturated heterocycles. The summed E-state index contributed by atoms with van der Waals surface area (Å²) in [6, 6.07) is 7.14. The monoisotopic (exact) mass is 445 g/mol. The summed E-state index contributed by atoms with van der Waals surface area (Å²) in [5.41, 5.74) is -1.02. The Bertz CT molecular complexity index is 784. The van der Waals surface area contributed by atoms with Gasteiger partial charge in [-0.1, -0.05) is 11.6 Å². The largest absolute Gasteiger partial charge is 0.490 e. The number of halogens is 1. The summed E-state index contributed by atoms with van der Waals surface area (Å²) in [4.78, 5) is 12.6. The van der Waals surface area contributed by atoms with Gasteiger partial charge >= 0.3 is 5.97 Å². The Labute approximate surface area is 177 Å². The molecule has 0 N–H and O–H groups in total. The lowest BCUT2D eigenvalue weighted by Gasteiger charge is -2.37. The van der Waals surface area contributed by atoms with Gasteiger partial charge in [0.1, 0.15) is 11.9 Å². The molecule has 0 aliphatic carbocycles. The van der Waals surface area contributed by atoms with Crippen molar-refractivity contribution in [3.05, 3.63) is 29.3 Å². The fourth-order valence-corrected chi connectivity index (χ4v) is 6.01. The van der Waals surface area contributed by atoms with E-state index in [2.05, 4.69) is 0 Å². The van der Waals surface area contributed by atoms with Crippen LogP contribution in [0, 0.1) is 5.41 Å². The van der Waals surface area contributed by atoms with Crippen LogP contribution in [0.3, 0.4) is 0 Å². The predicted molar refractivity (Wildman–Crippen MR) is 110 cm³/mol. The van der Waals surface area contributed by atoms with Crippen molar-refractivity contribution in [2.45, 2.75) is 38.7 Å². The van der Waals surface area contributed by atoms with Gasteiger partial charge in [0.15, 0.2) is 0 Å². The molecule has 0 aromatic heterocycles. The summed E-state index contributed by atoms with van der Waals surface area (Å²) in [7, 11) is -3.60. The van der Waals surface area contributed by atoms with E-state index in [1.165, 1.54) is 4.31 Å². The Balaban J connectivity index is 1.61. The average Bonchev–Trinajstić information content (AvgIpc) is 2.71. The van der Waals surface area contributed by atoms with Gasteiger partial charge in [0.25, 0.3) is 0 Å². The first-order chi connectivity index (χ1) is 13.8. The minimum atomic E-state index is -3.60. The average molecular weight is 446 g/mol. The van der Waals surface area contributed by atoms with Gasteiger partial charge in [-0.25, -0.2) is 12.7 Å². The van der Waals surface area contributed by atoms with Gasteiger partial charge < -0.3 is 14.2 Å². The highest BCUT2D eigenvalue weighted by atomic mass is 35.5. The van der Waals surface area contributed by atoms with Crippen LogP contribution in [0.1, 0.15) is 32.6 Å². The molecule has 162 valence electrons. The van der Waals surface area contributed by atoms with Crippen LogP contribution >= 0.6 is 11.6 Å². The highest BCUT2D eigenvalue weighted by Crippen LogP contribution is 2.35. The van der Waals surface area contributed by atoms with Crippen molar-refractivity contribution >= 4 is 27.6 Å². The van der Waals surface area contributed by atoms with Crippen molar-refractivity contribution in [2.24, 2.45) is 5.41 Å². The lowest BCUT2D eigenvalue weighted by atomic mass is 9.82. The maximum absolute atomic E-state index is 13.1. The second-order valence-electron chi connectivity index (χ2n) is 7.54. The van der Waals surface area contributed by atoms with Crippen molar-refractivity contribution in [3.8, 4) is 5.75 Å². The minimum Gasteiger partial charge on any atom is -0.490 e. The Morgan fingerprint density at radius 3 is 2.41 bits per heavy atom. The predicted octanol–water partition coefficient (Wildman–Crippen LogP) is 2.87. The molecule has 3 rings (SSSR count). The SMILES string of the molecule is CCOC(=O)C1(CS(=O)(=O)N2CCC(Oc3ccc(Cl)cc3)CC2)CCOCC1. The standard InChI is InChI=1S/C20H28ClNO6S/c1-2-27-19(23)20(9-13-26-14-10-20)15-29(24,25)22-11-7-18(8-12-22)28-17-5-3-16(21)4-6-17/h3-6,18H,2,7-15H2,1H3. The van der Waals surface area contributed by atoms with Gasteiger partial charge in [0, 0.05) is 31.3 Å². The number of carbonyl (C=O) groups is 1. The van der Waals surface area contributed by atoms with E-state index in [1.54, 1.807) is 31.2 Å². The van der Waals surface area contributed by atoms with Gasteiger partial charge in [-0.05, 0) is 56.9 Å². The third kappa shape index (κ3) is 5.63. The summed E-state index contributed by atoms with van der Waals surface area (Å²) in [6.45, 7) is 3.43. The van der Waals surface area contributed by atoms with Crippen molar-refractivity contribution in [2.75, 3.05) is 38.7 Å². The first kappa shape index (κ1) is 22.3. The zero-order valence-electron chi connectivity index (χ0n) is 16.6. The van der Waals surface area contributed by atoms with Crippen molar-refractivity contribution in [1.29, 1.82) is 0 Å². The molecule has 1 aromatic carbocycles. The van der Waals surface area contributed by atoms with Crippen LogP contribution < -0.4 is 4.74 Å². The Hall–Kier alpha value is -1.35. The molecule has 2 aliphatic heterocycles. The van der Waals surface area contributed by atoms with Gasteiger partial charge in [-0.2, -0.15) is 0 Å². The lowest BCUT2D eigenvalue weighted by Crippen LogP contribution is -2.49.